The van der Waals surface area contributed by atoms with E-state index in [4.69, 9.17) is 4.74 Å². The topological polar surface area (TPSA) is 38.3 Å². The number of anilines is 1. The molecule has 0 aliphatic carbocycles. The second kappa shape index (κ2) is 6.24. The maximum absolute atomic E-state index is 11.3. The molecule has 0 aliphatic heterocycles. The number of rotatable bonds is 4. The number of amides is 1. The van der Waals surface area contributed by atoms with E-state index in [-0.39, 0.29) is 5.91 Å². The number of carbonyl (C=O) groups is 1. The van der Waals surface area contributed by atoms with Gasteiger partial charge in [0.05, 0.1) is 12.9 Å². The lowest BCUT2D eigenvalue weighted by atomic mass is 10.3. The van der Waals surface area contributed by atoms with Crippen molar-refractivity contribution in [2.75, 3.05) is 11.9 Å². The molecular formula is C11H12BrNO2. The molecule has 0 spiro atoms. The van der Waals surface area contributed by atoms with E-state index >= 15 is 0 Å². The fraction of sp³-hybridized carbons (Fsp3) is 0.182. The summed E-state index contributed by atoms with van der Waals surface area (Å²) in [5, 5.41) is 2.70. The molecule has 0 unspecified atom stereocenters. The van der Waals surface area contributed by atoms with Crippen molar-refractivity contribution in [2.45, 2.75) is 6.92 Å². The van der Waals surface area contributed by atoms with Gasteiger partial charge in [0.1, 0.15) is 0 Å². The molecule has 4 heteroatoms. The number of carbonyl (C=O) groups excluding carboxylic acids is 1. The minimum absolute atomic E-state index is 0.203. The van der Waals surface area contributed by atoms with Crippen LogP contribution in [-0.4, -0.2) is 12.5 Å². The molecule has 1 N–H and O–H groups in total. The Morgan fingerprint density at radius 1 is 1.47 bits per heavy atom. The van der Waals surface area contributed by atoms with Crippen LogP contribution >= 0.6 is 15.9 Å². The summed E-state index contributed by atoms with van der Waals surface area (Å²) >= 11 is 3.32. The van der Waals surface area contributed by atoms with Gasteiger partial charge in [-0.05, 0) is 31.2 Å². The Balaban J connectivity index is 2.48. The number of hydrogen-bond acceptors (Lipinski definition) is 2. The molecule has 1 aromatic rings. The third-order valence-electron chi connectivity index (χ3n) is 1.59. The summed E-state index contributed by atoms with van der Waals surface area (Å²) in [5.41, 5.74) is 0.754. The first-order valence-corrected chi connectivity index (χ1v) is 5.36. The smallest absolute Gasteiger partial charge is 0.251 e. The van der Waals surface area contributed by atoms with Crippen molar-refractivity contribution in [1.82, 2.24) is 0 Å². The Labute approximate surface area is 97.3 Å². The van der Waals surface area contributed by atoms with Crippen LogP contribution in [0, 0.1) is 0 Å². The van der Waals surface area contributed by atoms with Crippen molar-refractivity contribution >= 4 is 27.5 Å². The van der Waals surface area contributed by atoms with Crippen molar-refractivity contribution in [3.8, 4) is 0 Å². The quantitative estimate of drug-likeness (QED) is 0.674. The van der Waals surface area contributed by atoms with Crippen LogP contribution in [0.4, 0.5) is 5.69 Å². The van der Waals surface area contributed by atoms with Gasteiger partial charge < -0.3 is 10.1 Å². The fourth-order valence-corrected chi connectivity index (χ4v) is 1.19. The first-order chi connectivity index (χ1) is 7.22. The van der Waals surface area contributed by atoms with Gasteiger partial charge in [-0.3, -0.25) is 4.79 Å². The molecule has 1 aromatic carbocycles. The zero-order valence-corrected chi connectivity index (χ0v) is 9.95. The monoisotopic (exact) mass is 269 g/mol. The van der Waals surface area contributed by atoms with Crippen LogP contribution in [0.3, 0.4) is 0 Å². The zero-order valence-electron chi connectivity index (χ0n) is 8.37. The van der Waals surface area contributed by atoms with Gasteiger partial charge in [0.15, 0.2) is 0 Å². The summed E-state index contributed by atoms with van der Waals surface area (Å²) in [4.78, 5) is 11.3. The van der Waals surface area contributed by atoms with Gasteiger partial charge >= 0.3 is 0 Å². The molecular weight excluding hydrogens is 258 g/mol. The fourth-order valence-electron chi connectivity index (χ4n) is 0.923. The van der Waals surface area contributed by atoms with Crippen LogP contribution in [0.1, 0.15) is 6.92 Å². The van der Waals surface area contributed by atoms with Gasteiger partial charge in [0.25, 0.3) is 5.91 Å². The van der Waals surface area contributed by atoms with Crippen LogP contribution in [0.25, 0.3) is 0 Å². The lowest BCUT2D eigenvalue weighted by Gasteiger charge is -2.01. The highest BCUT2D eigenvalue weighted by Crippen LogP contribution is 2.13. The Kier molecular flexibility index (Phi) is 4.90. The van der Waals surface area contributed by atoms with Gasteiger partial charge in [0, 0.05) is 16.2 Å². The predicted octanol–water partition coefficient (Wildman–Crippen LogP) is 2.94. The molecule has 0 bridgehead atoms. The van der Waals surface area contributed by atoms with Crippen molar-refractivity contribution in [1.29, 1.82) is 0 Å². The van der Waals surface area contributed by atoms with Crippen LogP contribution in [-0.2, 0) is 9.53 Å². The Hall–Kier alpha value is -1.29. The molecule has 0 radical (unpaired) electrons. The van der Waals surface area contributed by atoms with E-state index in [2.05, 4.69) is 21.2 Å². The lowest BCUT2D eigenvalue weighted by molar-refractivity contribution is -0.112. The third-order valence-corrected chi connectivity index (χ3v) is 2.12. The van der Waals surface area contributed by atoms with Gasteiger partial charge in [0.2, 0.25) is 0 Å². The maximum atomic E-state index is 11.3. The average Bonchev–Trinajstić information content (AvgIpc) is 2.22. The molecule has 0 aliphatic rings. The largest absolute Gasteiger partial charge is 0.501 e. The first-order valence-electron chi connectivity index (χ1n) is 4.57. The molecule has 0 fully saturated rings. The molecule has 0 saturated heterocycles. The first kappa shape index (κ1) is 11.8. The minimum atomic E-state index is -0.203. The van der Waals surface area contributed by atoms with Crippen LogP contribution < -0.4 is 5.32 Å². The number of nitrogens with one attached hydrogen (secondary N) is 1. The summed E-state index contributed by atoms with van der Waals surface area (Å²) in [5.74, 6) is -0.203. The summed E-state index contributed by atoms with van der Waals surface area (Å²) in [6, 6.07) is 7.36. The molecule has 80 valence electrons. The van der Waals surface area contributed by atoms with Gasteiger partial charge in [-0.2, -0.15) is 0 Å². The molecule has 3 nitrogen and oxygen atoms in total. The van der Waals surface area contributed by atoms with E-state index in [1.54, 1.807) is 0 Å². The number of hydrogen-bond donors (Lipinski definition) is 1. The van der Waals surface area contributed by atoms with Crippen molar-refractivity contribution in [2.24, 2.45) is 0 Å². The van der Waals surface area contributed by atoms with Gasteiger partial charge in [-0.25, -0.2) is 0 Å². The average molecular weight is 270 g/mol. The van der Waals surface area contributed by atoms with Crippen LogP contribution in [0.2, 0.25) is 0 Å². The van der Waals surface area contributed by atoms with Crippen LogP contribution in [0.5, 0.6) is 0 Å². The molecule has 1 rings (SSSR count). The summed E-state index contributed by atoms with van der Waals surface area (Å²) in [7, 11) is 0. The summed E-state index contributed by atoms with van der Waals surface area (Å²) < 4.78 is 5.89. The Morgan fingerprint density at radius 3 is 2.73 bits per heavy atom. The van der Waals surface area contributed by atoms with Crippen molar-refractivity contribution in [3.63, 3.8) is 0 Å². The predicted molar refractivity (Wildman–Crippen MR) is 63.5 cm³/mol. The zero-order chi connectivity index (χ0) is 11.1. The lowest BCUT2D eigenvalue weighted by Crippen LogP contribution is -2.07. The van der Waals surface area contributed by atoms with E-state index in [9.17, 15) is 4.79 Å². The second-order valence-corrected chi connectivity index (χ2v) is 3.67. The van der Waals surface area contributed by atoms with E-state index in [0.717, 1.165) is 10.2 Å². The van der Waals surface area contributed by atoms with Crippen LogP contribution in [0.15, 0.2) is 41.1 Å². The molecule has 0 saturated carbocycles. The molecule has 1 amide bonds. The maximum Gasteiger partial charge on any atom is 0.251 e. The highest BCUT2D eigenvalue weighted by molar-refractivity contribution is 9.10. The minimum Gasteiger partial charge on any atom is -0.501 e. The standard InChI is InChI=1S/C11H12BrNO2/c1-2-15-8-7-11(14)13-10-5-3-9(12)4-6-10/h3-8H,2H2,1H3,(H,13,14)/b8-7-. The number of halogens is 1. The van der Waals surface area contributed by atoms with Crippen molar-refractivity contribution < 1.29 is 9.53 Å². The highest BCUT2D eigenvalue weighted by Gasteiger charge is 1.96. The third kappa shape index (κ3) is 4.65. The molecule has 0 aromatic heterocycles. The molecule has 0 heterocycles. The highest BCUT2D eigenvalue weighted by atomic mass is 79.9. The normalized spacial score (nSPS) is 10.3. The SMILES string of the molecule is CCO/C=C\C(=O)Nc1ccc(Br)cc1. The van der Waals surface area contributed by atoms with E-state index in [1.807, 2.05) is 31.2 Å². The van der Waals surface area contributed by atoms with E-state index in [0.29, 0.717) is 6.61 Å². The van der Waals surface area contributed by atoms with E-state index in [1.165, 1.54) is 12.3 Å². The second-order valence-electron chi connectivity index (χ2n) is 2.75. The van der Waals surface area contributed by atoms with Gasteiger partial charge in [-0.1, -0.05) is 15.9 Å². The summed E-state index contributed by atoms with van der Waals surface area (Å²) in [6.07, 6.45) is 2.74. The van der Waals surface area contributed by atoms with Gasteiger partial charge in [-0.15, -0.1) is 0 Å². The molecule has 15 heavy (non-hydrogen) atoms. The molecule has 0 atom stereocenters. The summed E-state index contributed by atoms with van der Waals surface area (Å²) in [6.45, 7) is 2.42. The Bertz CT molecular complexity index is 346. The number of benzene rings is 1. The number of ether oxygens (including phenoxy) is 1. The Morgan fingerprint density at radius 2 is 2.13 bits per heavy atom. The van der Waals surface area contributed by atoms with Crippen molar-refractivity contribution in [3.05, 3.63) is 41.1 Å². The van der Waals surface area contributed by atoms with E-state index < -0.39 is 0 Å².